The minimum Gasteiger partial charge on any atom is -0.448 e. The van der Waals surface area contributed by atoms with Crippen molar-refractivity contribution in [1.82, 2.24) is 15.0 Å². The van der Waals surface area contributed by atoms with Crippen molar-refractivity contribution in [1.29, 1.82) is 0 Å². The van der Waals surface area contributed by atoms with Crippen LogP contribution in [0.1, 0.15) is 92.3 Å². The van der Waals surface area contributed by atoms with E-state index in [9.17, 15) is 0 Å². The molecule has 3 aromatic rings. The van der Waals surface area contributed by atoms with Crippen molar-refractivity contribution in [3.63, 3.8) is 0 Å². The molecular formula is C21H29N3O3. The average molecular weight is 371 g/mol. The molecule has 2 unspecified atom stereocenters. The third-order valence-corrected chi connectivity index (χ3v) is 4.92. The highest BCUT2D eigenvalue weighted by Crippen LogP contribution is 2.28. The van der Waals surface area contributed by atoms with Gasteiger partial charge in [0.05, 0.1) is 17.1 Å². The number of aromatic nitrogens is 3. The molecule has 0 N–H and O–H groups in total. The Morgan fingerprint density at radius 2 is 1.70 bits per heavy atom. The molecule has 3 aromatic heterocycles. The highest BCUT2D eigenvalue weighted by Gasteiger charge is 2.20. The van der Waals surface area contributed by atoms with Gasteiger partial charge in [0.1, 0.15) is 17.8 Å². The van der Waals surface area contributed by atoms with Crippen molar-refractivity contribution >= 4 is 0 Å². The summed E-state index contributed by atoms with van der Waals surface area (Å²) in [5, 5.41) is 0. The van der Waals surface area contributed by atoms with Crippen molar-refractivity contribution in [3.05, 3.63) is 53.0 Å². The van der Waals surface area contributed by atoms with Crippen LogP contribution in [0.15, 0.2) is 25.9 Å². The molecule has 0 amide bonds. The van der Waals surface area contributed by atoms with E-state index in [0.717, 1.165) is 59.6 Å². The molecular weight excluding hydrogens is 342 g/mol. The zero-order chi connectivity index (χ0) is 19.6. The van der Waals surface area contributed by atoms with Crippen LogP contribution in [-0.4, -0.2) is 15.0 Å². The molecule has 6 nitrogen and oxygen atoms in total. The molecule has 0 saturated carbocycles. The molecule has 3 heterocycles. The fourth-order valence-corrected chi connectivity index (χ4v) is 3.37. The van der Waals surface area contributed by atoms with E-state index in [2.05, 4.69) is 42.6 Å². The zero-order valence-corrected chi connectivity index (χ0v) is 17.1. The molecule has 146 valence electrons. The van der Waals surface area contributed by atoms with Gasteiger partial charge in [0.25, 0.3) is 0 Å². The maximum absolute atomic E-state index is 6.08. The molecule has 0 radical (unpaired) electrons. The molecule has 27 heavy (non-hydrogen) atoms. The highest BCUT2D eigenvalue weighted by atomic mass is 16.4. The number of aryl methyl sites for hydroxylation is 3. The second-order valence-corrected chi connectivity index (χ2v) is 7.74. The predicted molar refractivity (Wildman–Crippen MR) is 102 cm³/mol. The van der Waals surface area contributed by atoms with Crippen LogP contribution >= 0.6 is 0 Å². The summed E-state index contributed by atoms with van der Waals surface area (Å²) in [6.45, 7) is 12.4. The molecule has 0 aliphatic heterocycles. The number of rotatable bonds is 8. The molecule has 0 saturated heterocycles. The molecule has 0 aliphatic rings. The van der Waals surface area contributed by atoms with Crippen LogP contribution in [0.25, 0.3) is 0 Å². The second kappa shape index (κ2) is 8.11. The van der Waals surface area contributed by atoms with Crippen molar-refractivity contribution in [3.8, 4) is 0 Å². The normalized spacial score (nSPS) is 14.0. The van der Waals surface area contributed by atoms with Crippen LogP contribution in [0, 0.1) is 13.8 Å². The lowest BCUT2D eigenvalue weighted by molar-refractivity contribution is 0.406. The Morgan fingerprint density at radius 1 is 0.926 bits per heavy atom. The minimum absolute atomic E-state index is 0.199. The summed E-state index contributed by atoms with van der Waals surface area (Å²) in [5.74, 6) is 4.21. The van der Waals surface area contributed by atoms with Gasteiger partial charge in [0.15, 0.2) is 18.2 Å². The Kier molecular flexibility index (Phi) is 5.82. The van der Waals surface area contributed by atoms with Crippen LogP contribution in [0.5, 0.6) is 0 Å². The van der Waals surface area contributed by atoms with Gasteiger partial charge in [-0.15, -0.1) is 0 Å². The largest absolute Gasteiger partial charge is 0.448 e. The maximum atomic E-state index is 6.08. The second-order valence-electron chi connectivity index (χ2n) is 7.74. The van der Waals surface area contributed by atoms with E-state index in [1.807, 2.05) is 13.8 Å². The first-order chi connectivity index (χ1) is 12.8. The van der Waals surface area contributed by atoms with Gasteiger partial charge < -0.3 is 13.3 Å². The Bertz CT molecular complexity index is 875. The lowest BCUT2D eigenvalue weighted by Gasteiger charge is -2.08. The fraction of sp³-hybridized carbons (Fsp3) is 0.571. The molecule has 3 rings (SSSR count). The predicted octanol–water partition coefficient (Wildman–Crippen LogP) is 5.47. The van der Waals surface area contributed by atoms with Crippen LogP contribution in [0.4, 0.5) is 0 Å². The van der Waals surface area contributed by atoms with E-state index in [1.165, 1.54) is 6.39 Å². The Morgan fingerprint density at radius 3 is 2.33 bits per heavy atom. The van der Waals surface area contributed by atoms with Crippen molar-refractivity contribution in [2.45, 2.75) is 78.6 Å². The fourth-order valence-electron chi connectivity index (χ4n) is 3.37. The van der Waals surface area contributed by atoms with Crippen molar-refractivity contribution < 1.29 is 13.3 Å². The summed E-state index contributed by atoms with van der Waals surface area (Å²) in [7, 11) is 0. The topological polar surface area (TPSA) is 78.1 Å². The molecule has 0 fully saturated rings. The summed E-state index contributed by atoms with van der Waals surface area (Å²) in [6.07, 6.45) is 5.71. The van der Waals surface area contributed by atoms with Gasteiger partial charge in [-0.05, 0) is 20.3 Å². The van der Waals surface area contributed by atoms with E-state index in [0.29, 0.717) is 5.92 Å². The van der Waals surface area contributed by atoms with Gasteiger partial charge in [-0.1, -0.05) is 27.7 Å². The number of hydrogen-bond acceptors (Lipinski definition) is 6. The third kappa shape index (κ3) is 4.49. The number of hydrogen-bond donors (Lipinski definition) is 0. The van der Waals surface area contributed by atoms with Gasteiger partial charge in [-0.3, -0.25) is 0 Å². The summed E-state index contributed by atoms with van der Waals surface area (Å²) in [4.78, 5) is 13.4. The van der Waals surface area contributed by atoms with Gasteiger partial charge >= 0.3 is 0 Å². The van der Waals surface area contributed by atoms with Crippen LogP contribution in [-0.2, 0) is 12.8 Å². The van der Waals surface area contributed by atoms with Crippen LogP contribution < -0.4 is 0 Å². The highest BCUT2D eigenvalue weighted by molar-refractivity contribution is 5.16. The summed E-state index contributed by atoms with van der Waals surface area (Å²) in [5.41, 5.74) is 2.86. The maximum Gasteiger partial charge on any atom is 0.196 e. The molecule has 6 heteroatoms. The number of nitrogens with zero attached hydrogens (tertiary/aromatic N) is 3. The smallest absolute Gasteiger partial charge is 0.196 e. The number of oxazole rings is 3. The Balaban J connectivity index is 1.62. The molecule has 0 bridgehead atoms. The first-order valence-electron chi connectivity index (χ1n) is 9.65. The lowest BCUT2D eigenvalue weighted by atomic mass is 10.0. The molecule has 0 spiro atoms. The van der Waals surface area contributed by atoms with Gasteiger partial charge in [0.2, 0.25) is 0 Å². The lowest BCUT2D eigenvalue weighted by Crippen LogP contribution is -2.00. The van der Waals surface area contributed by atoms with Gasteiger partial charge in [-0.2, -0.15) is 0 Å². The summed E-state index contributed by atoms with van der Waals surface area (Å²) >= 11 is 0. The molecule has 0 aliphatic carbocycles. The van der Waals surface area contributed by atoms with E-state index in [1.54, 1.807) is 6.26 Å². The first-order valence-corrected chi connectivity index (χ1v) is 9.65. The Labute approximate surface area is 160 Å². The third-order valence-electron chi connectivity index (χ3n) is 4.92. The van der Waals surface area contributed by atoms with Crippen LogP contribution in [0.2, 0.25) is 0 Å². The molecule has 0 aromatic carbocycles. The van der Waals surface area contributed by atoms with Crippen molar-refractivity contribution in [2.24, 2.45) is 0 Å². The zero-order valence-electron chi connectivity index (χ0n) is 17.1. The monoisotopic (exact) mass is 371 g/mol. The van der Waals surface area contributed by atoms with Gasteiger partial charge in [0, 0.05) is 30.6 Å². The quantitative estimate of drug-likeness (QED) is 0.522. The Hall–Kier alpha value is -2.37. The van der Waals surface area contributed by atoms with E-state index in [4.69, 9.17) is 13.3 Å². The van der Waals surface area contributed by atoms with E-state index >= 15 is 0 Å². The SMILES string of the molecule is Cc1ncoc1C(C)CCc1nc(C)c(C(C)Cc2coc(C(C)C)n2)o1. The van der Waals surface area contributed by atoms with Gasteiger partial charge in [-0.25, -0.2) is 15.0 Å². The summed E-state index contributed by atoms with van der Waals surface area (Å²) < 4.78 is 17.1. The minimum atomic E-state index is 0.199. The standard InChI is InChI=1S/C21H29N3O3/c1-12(2)21-24-17(10-25-21)9-14(4)20-16(6)23-18(27-20)8-7-13(3)19-15(5)22-11-26-19/h10-14H,7-9H2,1-6H3. The first kappa shape index (κ1) is 19.4. The molecule has 2 atom stereocenters. The average Bonchev–Trinajstić information content (AvgIpc) is 3.32. The van der Waals surface area contributed by atoms with Crippen LogP contribution in [0.3, 0.4) is 0 Å². The van der Waals surface area contributed by atoms with E-state index < -0.39 is 0 Å². The van der Waals surface area contributed by atoms with E-state index in [-0.39, 0.29) is 11.8 Å². The summed E-state index contributed by atoms with van der Waals surface area (Å²) in [6, 6.07) is 0. The van der Waals surface area contributed by atoms with Crippen molar-refractivity contribution in [2.75, 3.05) is 0 Å².